The van der Waals surface area contributed by atoms with Crippen molar-refractivity contribution in [2.45, 2.75) is 18.0 Å². The molecule has 0 aromatic heterocycles. The average molecular weight is 321 g/mol. The predicted molar refractivity (Wildman–Crippen MR) is 70.1 cm³/mol. The molecule has 2 rings (SSSR count). The molecular weight excluding hydrogens is 311 g/mol. The second-order valence-electron chi connectivity index (χ2n) is 4.54. The first kappa shape index (κ1) is 15.8. The summed E-state index contributed by atoms with van der Waals surface area (Å²) in [5.41, 5.74) is -0.113. The highest BCUT2D eigenvalue weighted by atomic mass is 35.5. The van der Waals surface area contributed by atoms with Gasteiger partial charge in [0.25, 0.3) is 0 Å². The quantitative estimate of drug-likeness (QED) is 0.517. The van der Waals surface area contributed by atoms with Crippen molar-refractivity contribution in [1.29, 1.82) is 0 Å². The zero-order valence-electron chi connectivity index (χ0n) is 10.6. The molecule has 0 spiro atoms. The molecule has 0 N–H and O–H groups in total. The van der Waals surface area contributed by atoms with Gasteiger partial charge in [-0.15, -0.1) is 11.6 Å². The van der Waals surface area contributed by atoms with Crippen LogP contribution in [0.25, 0.3) is 0 Å². The molecule has 112 valence electrons. The van der Waals surface area contributed by atoms with E-state index in [1.54, 1.807) is 0 Å². The molecule has 0 heterocycles. The lowest BCUT2D eigenvalue weighted by Gasteiger charge is -2.13. The first-order valence-corrected chi connectivity index (χ1v) is 6.46. The summed E-state index contributed by atoms with van der Waals surface area (Å²) in [4.78, 5) is 0. The van der Waals surface area contributed by atoms with E-state index >= 15 is 0 Å². The summed E-state index contributed by atoms with van der Waals surface area (Å²) in [5.74, 6) is -2.00. The maximum absolute atomic E-state index is 13.1. The van der Waals surface area contributed by atoms with Crippen molar-refractivity contribution in [3.05, 3.63) is 70.8 Å². The van der Waals surface area contributed by atoms with Crippen LogP contribution in [0.15, 0.2) is 42.5 Å². The van der Waals surface area contributed by atoms with Crippen molar-refractivity contribution < 1.29 is 22.0 Å². The minimum absolute atomic E-state index is 0.0973. The number of hydrogen-bond acceptors (Lipinski definition) is 0. The number of benzene rings is 2. The standard InChI is InChI=1S/C15H10ClF5/c16-12(6-9-4-5-13(17)14(18)7-9)10-2-1-3-11(8-10)15(19,20)21/h1-5,7-8,12H,6H2. The van der Waals surface area contributed by atoms with E-state index in [-0.39, 0.29) is 12.0 Å². The van der Waals surface area contributed by atoms with Crippen LogP contribution in [0.5, 0.6) is 0 Å². The number of alkyl halides is 4. The molecule has 0 fully saturated rings. The van der Waals surface area contributed by atoms with Gasteiger partial charge in [-0.25, -0.2) is 8.78 Å². The van der Waals surface area contributed by atoms with Gasteiger partial charge in [0.1, 0.15) is 0 Å². The van der Waals surface area contributed by atoms with Crippen LogP contribution in [0.1, 0.15) is 22.1 Å². The van der Waals surface area contributed by atoms with Gasteiger partial charge in [0.05, 0.1) is 10.9 Å². The van der Waals surface area contributed by atoms with Crippen molar-refractivity contribution in [1.82, 2.24) is 0 Å². The van der Waals surface area contributed by atoms with E-state index in [9.17, 15) is 22.0 Å². The smallest absolute Gasteiger partial charge is 0.204 e. The SMILES string of the molecule is Fc1ccc(CC(Cl)c2cccc(C(F)(F)F)c2)cc1F. The van der Waals surface area contributed by atoms with Crippen LogP contribution in [0.2, 0.25) is 0 Å². The summed E-state index contributed by atoms with van der Waals surface area (Å²) in [6.45, 7) is 0. The molecule has 0 saturated carbocycles. The molecule has 0 aliphatic rings. The van der Waals surface area contributed by atoms with E-state index < -0.39 is 28.8 Å². The maximum atomic E-state index is 13.1. The van der Waals surface area contributed by atoms with Gasteiger partial charge < -0.3 is 0 Å². The van der Waals surface area contributed by atoms with Gasteiger partial charge in [0.2, 0.25) is 0 Å². The fourth-order valence-electron chi connectivity index (χ4n) is 1.90. The van der Waals surface area contributed by atoms with Gasteiger partial charge in [0.15, 0.2) is 11.6 Å². The van der Waals surface area contributed by atoms with Gasteiger partial charge in [-0.2, -0.15) is 13.2 Å². The van der Waals surface area contributed by atoms with Crippen LogP contribution in [0, 0.1) is 11.6 Å². The topological polar surface area (TPSA) is 0 Å². The lowest BCUT2D eigenvalue weighted by Crippen LogP contribution is -2.06. The zero-order chi connectivity index (χ0) is 15.6. The minimum atomic E-state index is -4.45. The number of hydrogen-bond donors (Lipinski definition) is 0. The minimum Gasteiger partial charge on any atom is -0.204 e. The average Bonchev–Trinajstić information content (AvgIpc) is 2.42. The summed E-state index contributed by atoms with van der Waals surface area (Å²) in [6, 6.07) is 7.92. The molecule has 1 unspecified atom stereocenters. The molecule has 2 aromatic carbocycles. The van der Waals surface area contributed by atoms with Gasteiger partial charge in [-0.05, 0) is 35.7 Å². The molecule has 21 heavy (non-hydrogen) atoms. The Morgan fingerprint density at radius 1 is 0.952 bits per heavy atom. The summed E-state index contributed by atoms with van der Waals surface area (Å²) in [7, 11) is 0. The molecule has 0 saturated heterocycles. The summed E-state index contributed by atoms with van der Waals surface area (Å²) in [5, 5.41) is -0.767. The maximum Gasteiger partial charge on any atom is 0.416 e. The molecule has 6 heteroatoms. The Balaban J connectivity index is 2.20. The third kappa shape index (κ3) is 3.94. The lowest BCUT2D eigenvalue weighted by molar-refractivity contribution is -0.137. The monoisotopic (exact) mass is 320 g/mol. The van der Waals surface area contributed by atoms with E-state index in [0.29, 0.717) is 5.56 Å². The van der Waals surface area contributed by atoms with Crippen molar-refractivity contribution in [3.8, 4) is 0 Å². The van der Waals surface area contributed by atoms with Crippen LogP contribution in [-0.4, -0.2) is 0 Å². The Bertz CT molecular complexity index is 636. The Morgan fingerprint density at radius 2 is 1.67 bits per heavy atom. The van der Waals surface area contributed by atoms with E-state index in [1.165, 1.54) is 18.2 Å². The van der Waals surface area contributed by atoms with Gasteiger partial charge in [-0.1, -0.05) is 24.3 Å². The highest BCUT2D eigenvalue weighted by Crippen LogP contribution is 2.33. The van der Waals surface area contributed by atoms with E-state index in [0.717, 1.165) is 24.3 Å². The number of halogens is 6. The largest absolute Gasteiger partial charge is 0.416 e. The molecule has 2 aromatic rings. The summed E-state index contributed by atoms with van der Waals surface area (Å²) >= 11 is 6.07. The summed E-state index contributed by atoms with van der Waals surface area (Å²) < 4.78 is 63.8. The Morgan fingerprint density at radius 3 is 2.29 bits per heavy atom. The predicted octanol–water partition coefficient (Wildman–Crippen LogP) is 5.51. The van der Waals surface area contributed by atoms with Crippen LogP contribution >= 0.6 is 11.6 Å². The molecule has 0 radical (unpaired) electrons. The summed E-state index contributed by atoms with van der Waals surface area (Å²) in [6.07, 6.45) is -4.35. The van der Waals surface area contributed by atoms with Crippen LogP contribution < -0.4 is 0 Å². The van der Waals surface area contributed by atoms with Crippen LogP contribution in [-0.2, 0) is 12.6 Å². The first-order chi connectivity index (χ1) is 9.77. The Hall–Kier alpha value is -1.62. The van der Waals surface area contributed by atoms with E-state index in [2.05, 4.69) is 0 Å². The second kappa shape index (κ2) is 6.02. The van der Waals surface area contributed by atoms with E-state index in [1.807, 2.05) is 0 Å². The molecule has 0 amide bonds. The molecule has 0 aliphatic heterocycles. The molecule has 0 bridgehead atoms. The highest BCUT2D eigenvalue weighted by molar-refractivity contribution is 6.20. The van der Waals surface area contributed by atoms with Crippen LogP contribution in [0.4, 0.5) is 22.0 Å². The third-order valence-corrected chi connectivity index (χ3v) is 3.38. The molecular formula is C15H10ClF5. The third-order valence-electron chi connectivity index (χ3n) is 2.97. The van der Waals surface area contributed by atoms with Crippen LogP contribution in [0.3, 0.4) is 0 Å². The van der Waals surface area contributed by atoms with E-state index in [4.69, 9.17) is 11.6 Å². The molecule has 0 aliphatic carbocycles. The van der Waals surface area contributed by atoms with Gasteiger partial charge in [0, 0.05) is 0 Å². The normalized spacial score (nSPS) is 13.2. The molecule has 0 nitrogen and oxygen atoms in total. The number of rotatable bonds is 3. The first-order valence-electron chi connectivity index (χ1n) is 6.02. The highest BCUT2D eigenvalue weighted by Gasteiger charge is 2.30. The van der Waals surface area contributed by atoms with Crippen molar-refractivity contribution in [3.63, 3.8) is 0 Å². The fourth-order valence-corrected chi connectivity index (χ4v) is 2.22. The second-order valence-corrected chi connectivity index (χ2v) is 5.07. The van der Waals surface area contributed by atoms with Crippen molar-refractivity contribution in [2.75, 3.05) is 0 Å². The van der Waals surface area contributed by atoms with Gasteiger partial charge in [-0.3, -0.25) is 0 Å². The molecule has 1 atom stereocenters. The Kier molecular flexibility index (Phi) is 4.52. The zero-order valence-corrected chi connectivity index (χ0v) is 11.3. The fraction of sp³-hybridized carbons (Fsp3) is 0.200. The lowest BCUT2D eigenvalue weighted by atomic mass is 10.0. The van der Waals surface area contributed by atoms with Crippen molar-refractivity contribution >= 4 is 11.6 Å². The van der Waals surface area contributed by atoms with Crippen molar-refractivity contribution in [2.24, 2.45) is 0 Å². The Labute approximate surface area is 123 Å². The van der Waals surface area contributed by atoms with Gasteiger partial charge >= 0.3 is 6.18 Å².